The van der Waals surface area contributed by atoms with E-state index in [1.165, 1.54) is 6.07 Å². The monoisotopic (exact) mass is 332 g/mol. The summed E-state index contributed by atoms with van der Waals surface area (Å²) in [5.41, 5.74) is 2.50. The first kappa shape index (κ1) is 17.7. The Morgan fingerprint density at radius 3 is 2.50 bits per heavy atom. The minimum absolute atomic E-state index is 0.0253. The van der Waals surface area contributed by atoms with Crippen molar-refractivity contribution in [2.75, 3.05) is 6.61 Å². The lowest BCUT2D eigenvalue weighted by Gasteiger charge is -2.13. The Kier molecular flexibility index (Phi) is 6.52. The first-order chi connectivity index (χ1) is 11.6. The van der Waals surface area contributed by atoms with Gasteiger partial charge in [-0.15, -0.1) is 0 Å². The Morgan fingerprint density at radius 1 is 1.08 bits per heavy atom. The molecule has 1 N–H and O–H groups in total. The van der Waals surface area contributed by atoms with E-state index in [1.807, 2.05) is 18.2 Å². The van der Waals surface area contributed by atoms with E-state index >= 15 is 0 Å². The summed E-state index contributed by atoms with van der Waals surface area (Å²) in [4.78, 5) is 0. The molecule has 0 spiro atoms. The van der Waals surface area contributed by atoms with Crippen molar-refractivity contribution in [2.45, 2.75) is 26.6 Å². The predicted molar refractivity (Wildman–Crippen MR) is 85.9 cm³/mol. The molecule has 0 aliphatic rings. The van der Waals surface area contributed by atoms with Crippen molar-refractivity contribution in [3.63, 3.8) is 0 Å². The summed E-state index contributed by atoms with van der Waals surface area (Å²) in [7, 11) is 0. The normalized spacial score (nSPS) is 10.5. The lowest BCUT2D eigenvalue weighted by molar-refractivity contribution is -0.0514. The van der Waals surface area contributed by atoms with Crippen molar-refractivity contribution < 1.29 is 18.3 Å². The summed E-state index contributed by atoms with van der Waals surface area (Å²) in [6.07, 6.45) is 0. The molecular formula is C18H18F2N2O2. The molecule has 2 rings (SSSR count). The quantitative estimate of drug-likeness (QED) is 0.798. The van der Waals surface area contributed by atoms with Crippen molar-refractivity contribution in [3.8, 4) is 17.6 Å². The summed E-state index contributed by atoms with van der Waals surface area (Å²) < 4.78 is 34.6. The van der Waals surface area contributed by atoms with Crippen LogP contribution < -0.4 is 14.8 Å². The number of rotatable bonds is 8. The fourth-order valence-electron chi connectivity index (χ4n) is 2.23. The van der Waals surface area contributed by atoms with Gasteiger partial charge in [-0.1, -0.05) is 18.2 Å². The second-order valence-corrected chi connectivity index (χ2v) is 5.01. The Hall–Kier alpha value is -2.65. The molecule has 0 amide bonds. The molecular weight excluding hydrogens is 314 g/mol. The minimum Gasteiger partial charge on any atom is -0.490 e. The van der Waals surface area contributed by atoms with Crippen LogP contribution in [0.5, 0.6) is 11.5 Å². The summed E-state index contributed by atoms with van der Waals surface area (Å²) in [5, 5.41) is 12.1. The van der Waals surface area contributed by atoms with Gasteiger partial charge in [0.1, 0.15) is 0 Å². The average Bonchev–Trinajstić information content (AvgIpc) is 2.57. The fourth-order valence-corrected chi connectivity index (χ4v) is 2.23. The van der Waals surface area contributed by atoms with Gasteiger partial charge in [-0.3, -0.25) is 0 Å². The van der Waals surface area contributed by atoms with Gasteiger partial charge in [0.2, 0.25) is 0 Å². The maximum absolute atomic E-state index is 12.4. The number of nitriles is 1. The first-order valence-electron chi connectivity index (χ1n) is 7.52. The van der Waals surface area contributed by atoms with Crippen LogP contribution in [0.15, 0.2) is 42.5 Å². The summed E-state index contributed by atoms with van der Waals surface area (Å²) in [5.74, 6) is 0.320. The van der Waals surface area contributed by atoms with Crippen LogP contribution in [0, 0.1) is 11.3 Å². The van der Waals surface area contributed by atoms with Gasteiger partial charge in [-0.2, -0.15) is 14.0 Å². The molecule has 0 unspecified atom stereocenters. The maximum Gasteiger partial charge on any atom is 0.387 e. The van der Waals surface area contributed by atoms with Crippen LogP contribution in [-0.2, 0) is 13.1 Å². The highest BCUT2D eigenvalue weighted by atomic mass is 19.3. The van der Waals surface area contributed by atoms with E-state index in [4.69, 9.17) is 10.00 Å². The molecule has 6 heteroatoms. The zero-order chi connectivity index (χ0) is 17.4. The first-order valence-corrected chi connectivity index (χ1v) is 7.52. The number of nitrogens with zero attached hydrogens (tertiary/aromatic N) is 1. The number of ether oxygens (including phenoxy) is 2. The molecule has 0 fully saturated rings. The zero-order valence-corrected chi connectivity index (χ0v) is 13.3. The Balaban J connectivity index is 1.99. The molecule has 0 aliphatic carbocycles. The molecule has 0 aliphatic heterocycles. The third kappa shape index (κ3) is 5.21. The van der Waals surface area contributed by atoms with E-state index in [0.717, 1.165) is 11.1 Å². The highest BCUT2D eigenvalue weighted by molar-refractivity contribution is 5.43. The second kappa shape index (κ2) is 8.85. The van der Waals surface area contributed by atoms with E-state index < -0.39 is 6.61 Å². The van der Waals surface area contributed by atoms with E-state index in [2.05, 4.69) is 16.1 Å². The van der Waals surface area contributed by atoms with Gasteiger partial charge >= 0.3 is 6.61 Å². The van der Waals surface area contributed by atoms with E-state index in [-0.39, 0.29) is 5.75 Å². The average molecular weight is 332 g/mol. The lowest BCUT2D eigenvalue weighted by Crippen LogP contribution is -2.13. The van der Waals surface area contributed by atoms with E-state index in [1.54, 1.807) is 25.1 Å². The lowest BCUT2D eigenvalue weighted by atomic mass is 10.1. The van der Waals surface area contributed by atoms with Gasteiger partial charge in [0.05, 0.1) is 18.2 Å². The van der Waals surface area contributed by atoms with Gasteiger partial charge < -0.3 is 14.8 Å². The highest BCUT2D eigenvalue weighted by Gasteiger charge is 2.11. The highest BCUT2D eigenvalue weighted by Crippen LogP contribution is 2.29. The zero-order valence-electron chi connectivity index (χ0n) is 13.3. The van der Waals surface area contributed by atoms with Crippen LogP contribution in [0.3, 0.4) is 0 Å². The molecule has 0 atom stereocenters. The number of benzene rings is 2. The summed E-state index contributed by atoms with van der Waals surface area (Å²) >= 11 is 0. The smallest absolute Gasteiger partial charge is 0.387 e. The van der Waals surface area contributed by atoms with E-state index in [9.17, 15) is 8.78 Å². The number of hydrogen-bond donors (Lipinski definition) is 1. The Bertz CT molecular complexity index is 714. The molecule has 0 aromatic heterocycles. The SMILES string of the molecule is CCOc1cc(CNCc2cccc(C#N)c2)ccc1OC(F)F. The van der Waals surface area contributed by atoms with Crippen molar-refractivity contribution in [2.24, 2.45) is 0 Å². The Morgan fingerprint density at radius 2 is 1.83 bits per heavy atom. The minimum atomic E-state index is -2.89. The second-order valence-electron chi connectivity index (χ2n) is 5.01. The summed E-state index contributed by atoms with van der Waals surface area (Å²) in [6.45, 7) is 0.373. The largest absolute Gasteiger partial charge is 0.490 e. The van der Waals surface area contributed by atoms with Gasteiger partial charge in [-0.25, -0.2) is 0 Å². The van der Waals surface area contributed by atoms with Gasteiger partial charge in [0.25, 0.3) is 0 Å². The van der Waals surface area contributed by atoms with Crippen LogP contribution in [-0.4, -0.2) is 13.2 Å². The fraction of sp³-hybridized carbons (Fsp3) is 0.278. The molecule has 2 aromatic rings. The number of nitrogens with one attached hydrogen (secondary N) is 1. The molecule has 126 valence electrons. The standard InChI is InChI=1S/C18H18F2N2O2/c1-2-23-17-9-15(6-7-16(17)24-18(19)20)12-22-11-14-5-3-4-13(8-14)10-21/h3-9,18,22H,2,11-12H2,1H3. The molecule has 0 saturated carbocycles. The third-order valence-corrected chi connectivity index (χ3v) is 3.24. The van der Waals surface area contributed by atoms with Gasteiger partial charge in [0, 0.05) is 13.1 Å². The maximum atomic E-state index is 12.4. The topological polar surface area (TPSA) is 54.3 Å². The van der Waals surface area contributed by atoms with Crippen LogP contribution in [0.4, 0.5) is 8.78 Å². The molecule has 0 heterocycles. The number of halogens is 2. The van der Waals surface area contributed by atoms with Crippen molar-refractivity contribution >= 4 is 0 Å². The Labute approximate surface area is 139 Å². The van der Waals surface area contributed by atoms with Crippen LogP contribution in [0.2, 0.25) is 0 Å². The van der Waals surface area contributed by atoms with Gasteiger partial charge in [0.15, 0.2) is 11.5 Å². The van der Waals surface area contributed by atoms with Crippen LogP contribution in [0.25, 0.3) is 0 Å². The number of alkyl halides is 2. The van der Waals surface area contributed by atoms with Crippen LogP contribution >= 0.6 is 0 Å². The predicted octanol–water partition coefficient (Wildman–Crippen LogP) is 3.85. The van der Waals surface area contributed by atoms with Crippen molar-refractivity contribution in [1.29, 1.82) is 5.26 Å². The molecule has 0 bridgehead atoms. The van der Waals surface area contributed by atoms with Gasteiger partial charge in [-0.05, 0) is 42.3 Å². The molecule has 4 nitrogen and oxygen atoms in total. The molecule has 24 heavy (non-hydrogen) atoms. The van der Waals surface area contributed by atoms with E-state index in [0.29, 0.717) is 31.0 Å². The number of hydrogen-bond acceptors (Lipinski definition) is 4. The van der Waals surface area contributed by atoms with Crippen molar-refractivity contribution in [1.82, 2.24) is 5.32 Å². The molecule has 0 radical (unpaired) electrons. The molecule has 2 aromatic carbocycles. The molecule has 0 saturated heterocycles. The summed E-state index contributed by atoms with van der Waals surface area (Å²) in [6, 6.07) is 14.3. The third-order valence-electron chi connectivity index (χ3n) is 3.24. The van der Waals surface area contributed by atoms with Crippen LogP contribution in [0.1, 0.15) is 23.6 Å². The van der Waals surface area contributed by atoms with Crippen molar-refractivity contribution in [3.05, 3.63) is 59.2 Å².